The summed E-state index contributed by atoms with van der Waals surface area (Å²) in [5.41, 5.74) is 0.793. The molecule has 1 aromatic rings. The molecule has 0 saturated carbocycles. The van der Waals surface area contributed by atoms with Gasteiger partial charge in [0.25, 0.3) is 0 Å². The smallest absolute Gasteiger partial charge is 0.224 e. The van der Waals surface area contributed by atoms with Gasteiger partial charge in [-0.05, 0) is 23.6 Å². The van der Waals surface area contributed by atoms with Crippen molar-refractivity contribution in [3.8, 4) is 0 Å². The maximum Gasteiger partial charge on any atom is 0.224 e. The molecule has 0 fully saturated rings. The Bertz CT molecular complexity index is 364. The first-order valence-electron chi connectivity index (χ1n) is 5.62. The summed E-state index contributed by atoms with van der Waals surface area (Å²) in [6, 6.07) is 5.90. The third kappa shape index (κ3) is 4.73. The van der Waals surface area contributed by atoms with Crippen LogP contribution in [0.4, 0.5) is 4.39 Å². The number of hydrogen-bond donors (Lipinski definition) is 1. The molecule has 0 aliphatic heterocycles. The summed E-state index contributed by atoms with van der Waals surface area (Å²) in [5, 5.41) is 2.86. The van der Waals surface area contributed by atoms with Crippen molar-refractivity contribution in [1.82, 2.24) is 5.32 Å². The molecule has 1 atom stereocenters. The summed E-state index contributed by atoms with van der Waals surface area (Å²) in [5.74, 6) is 0.308. The van der Waals surface area contributed by atoms with Gasteiger partial charge in [0.15, 0.2) is 0 Å². The zero-order chi connectivity index (χ0) is 12.8. The van der Waals surface area contributed by atoms with E-state index >= 15 is 0 Å². The first-order valence-corrected chi connectivity index (χ1v) is 6.16. The van der Waals surface area contributed by atoms with Gasteiger partial charge in [0.05, 0.1) is 6.42 Å². The summed E-state index contributed by atoms with van der Waals surface area (Å²) in [6.07, 6.45) is 0.250. The second-order valence-corrected chi connectivity index (χ2v) is 4.68. The Balaban J connectivity index is 2.52. The number of carbonyl (C=O) groups excluding carboxylic acids is 1. The lowest BCUT2D eigenvalue weighted by atomic mass is 10.1. The third-order valence-corrected chi connectivity index (χ3v) is 2.93. The van der Waals surface area contributed by atoms with Gasteiger partial charge in [0.1, 0.15) is 5.82 Å². The first kappa shape index (κ1) is 14.0. The molecular weight excluding hydrogens is 241 g/mol. The number of carbonyl (C=O) groups is 1. The van der Waals surface area contributed by atoms with Crippen molar-refractivity contribution in [1.29, 1.82) is 0 Å². The lowest BCUT2D eigenvalue weighted by Crippen LogP contribution is -2.40. The van der Waals surface area contributed by atoms with Gasteiger partial charge < -0.3 is 5.32 Å². The SMILES string of the molecule is CC(C)C(CCl)NC(=O)Cc1ccc(F)cc1. The van der Waals surface area contributed by atoms with Gasteiger partial charge in [-0.2, -0.15) is 0 Å². The Kier molecular flexibility index (Phi) is 5.42. The van der Waals surface area contributed by atoms with Crippen LogP contribution in [0.1, 0.15) is 19.4 Å². The number of amides is 1. The largest absolute Gasteiger partial charge is 0.352 e. The highest BCUT2D eigenvalue weighted by Crippen LogP contribution is 2.06. The van der Waals surface area contributed by atoms with Crippen molar-refractivity contribution < 1.29 is 9.18 Å². The second kappa shape index (κ2) is 6.60. The van der Waals surface area contributed by atoms with E-state index in [0.29, 0.717) is 11.8 Å². The Morgan fingerprint density at radius 3 is 2.41 bits per heavy atom. The molecule has 0 radical (unpaired) electrons. The molecule has 1 N–H and O–H groups in total. The minimum atomic E-state index is -0.296. The Morgan fingerprint density at radius 1 is 1.35 bits per heavy atom. The maximum atomic E-state index is 12.7. The molecule has 17 heavy (non-hydrogen) atoms. The standard InChI is InChI=1S/C13H17ClFNO/c1-9(2)12(8-14)16-13(17)7-10-3-5-11(15)6-4-10/h3-6,9,12H,7-8H2,1-2H3,(H,16,17). The van der Waals surface area contributed by atoms with Crippen LogP contribution in [0.15, 0.2) is 24.3 Å². The van der Waals surface area contributed by atoms with E-state index in [1.807, 2.05) is 13.8 Å². The van der Waals surface area contributed by atoms with E-state index in [1.165, 1.54) is 12.1 Å². The minimum absolute atomic E-state index is 0.0235. The Hall–Kier alpha value is -1.09. The predicted octanol–water partition coefficient (Wildman–Crippen LogP) is 2.75. The van der Waals surface area contributed by atoms with Crippen LogP contribution in [0.25, 0.3) is 0 Å². The van der Waals surface area contributed by atoms with E-state index in [9.17, 15) is 9.18 Å². The molecule has 1 amide bonds. The molecule has 4 heteroatoms. The fraction of sp³-hybridized carbons (Fsp3) is 0.462. The van der Waals surface area contributed by atoms with Gasteiger partial charge >= 0.3 is 0 Å². The van der Waals surface area contributed by atoms with Crippen LogP contribution < -0.4 is 5.32 Å². The number of rotatable bonds is 5. The van der Waals surface area contributed by atoms with E-state index < -0.39 is 0 Å². The first-order chi connectivity index (χ1) is 8.02. The molecular formula is C13H17ClFNO. The molecule has 94 valence electrons. The van der Waals surface area contributed by atoms with E-state index in [0.717, 1.165) is 5.56 Å². The number of alkyl halides is 1. The summed E-state index contributed by atoms with van der Waals surface area (Å²) < 4.78 is 12.7. The van der Waals surface area contributed by atoms with Gasteiger partial charge in [-0.25, -0.2) is 4.39 Å². The van der Waals surface area contributed by atoms with Crippen LogP contribution in [0.5, 0.6) is 0 Å². The van der Waals surface area contributed by atoms with Crippen molar-refractivity contribution >= 4 is 17.5 Å². The van der Waals surface area contributed by atoms with Gasteiger partial charge in [0, 0.05) is 11.9 Å². The van der Waals surface area contributed by atoms with Crippen molar-refractivity contribution in [2.75, 3.05) is 5.88 Å². The van der Waals surface area contributed by atoms with Crippen molar-refractivity contribution in [2.45, 2.75) is 26.3 Å². The quantitative estimate of drug-likeness (QED) is 0.808. The van der Waals surface area contributed by atoms with Crippen molar-refractivity contribution in [3.05, 3.63) is 35.6 Å². The number of hydrogen-bond acceptors (Lipinski definition) is 1. The fourth-order valence-corrected chi connectivity index (χ4v) is 1.86. The summed E-state index contributed by atoms with van der Waals surface area (Å²) in [4.78, 5) is 11.7. The number of halogens is 2. The van der Waals surface area contributed by atoms with Gasteiger partial charge in [0.2, 0.25) is 5.91 Å². The molecule has 0 aliphatic carbocycles. The second-order valence-electron chi connectivity index (χ2n) is 4.38. The van der Waals surface area contributed by atoms with Crippen LogP contribution in [0.3, 0.4) is 0 Å². The number of nitrogens with one attached hydrogen (secondary N) is 1. The topological polar surface area (TPSA) is 29.1 Å². The lowest BCUT2D eigenvalue weighted by Gasteiger charge is -2.19. The molecule has 1 aromatic carbocycles. The normalized spacial score (nSPS) is 12.5. The maximum absolute atomic E-state index is 12.7. The highest BCUT2D eigenvalue weighted by atomic mass is 35.5. The monoisotopic (exact) mass is 257 g/mol. The van der Waals surface area contributed by atoms with Crippen molar-refractivity contribution in [3.63, 3.8) is 0 Å². The van der Waals surface area contributed by atoms with E-state index in [-0.39, 0.29) is 24.2 Å². The van der Waals surface area contributed by atoms with E-state index in [4.69, 9.17) is 11.6 Å². The highest BCUT2D eigenvalue weighted by Gasteiger charge is 2.14. The highest BCUT2D eigenvalue weighted by molar-refractivity contribution is 6.18. The Labute approximate surface area is 106 Å². The predicted molar refractivity (Wildman–Crippen MR) is 67.6 cm³/mol. The third-order valence-electron chi connectivity index (χ3n) is 2.60. The molecule has 1 rings (SSSR count). The molecule has 1 unspecified atom stereocenters. The molecule has 0 aliphatic rings. The Morgan fingerprint density at radius 2 is 1.94 bits per heavy atom. The van der Waals surface area contributed by atoms with Crippen LogP contribution in [-0.4, -0.2) is 17.8 Å². The molecule has 2 nitrogen and oxygen atoms in total. The summed E-state index contributed by atoms with van der Waals surface area (Å²) >= 11 is 5.77. The van der Waals surface area contributed by atoms with Crippen LogP contribution in [0.2, 0.25) is 0 Å². The summed E-state index contributed by atoms with van der Waals surface area (Å²) in [6.45, 7) is 4.01. The van der Waals surface area contributed by atoms with Gasteiger partial charge in [-0.3, -0.25) is 4.79 Å². The molecule has 0 bridgehead atoms. The van der Waals surface area contributed by atoms with Crippen molar-refractivity contribution in [2.24, 2.45) is 5.92 Å². The summed E-state index contributed by atoms with van der Waals surface area (Å²) in [7, 11) is 0. The molecule has 0 aromatic heterocycles. The lowest BCUT2D eigenvalue weighted by molar-refractivity contribution is -0.121. The molecule has 0 spiro atoms. The minimum Gasteiger partial charge on any atom is -0.352 e. The van der Waals surface area contributed by atoms with Gasteiger partial charge in [-0.1, -0.05) is 26.0 Å². The van der Waals surface area contributed by atoms with E-state index in [2.05, 4.69) is 5.32 Å². The number of benzene rings is 1. The van der Waals surface area contributed by atoms with Crippen LogP contribution >= 0.6 is 11.6 Å². The molecule has 0 saturated heterocycles. The zero-order valence-electron chi connectivity index (χ0n) is 10.0. The van der Waals surface area contributed by atoms with Crippen LogP contribution in [0, 0.1) is 11.7 Å². The van der Waals surface area contributed by atoms with E-state index in [1.54, 1.807) is 12.1 Å². The molecule has 0 heterocycles. The average Bonchev–Trinajstić information content (AvgIpc) is 2.28. The average molecular weight is 258 g/mol. The van der Waals surface area contributed by atoms with Gasteiger partial charge in [-0.15, -0.1) is 11.6 Å². The fourth-order valence-electron chi connectivity index (χ4n) is 1.43. The zero-order valence-corrected chi connectivity index (χ0v) is 10.8. The van der Waals surface area contributed by atoms with Crippen LogP contribution in [-0.2, 0) is 11.2 Å².